The van der Waals surface area contributed by atoms with Gasteiger partial charge in [0.25, 0.3) is 0 Å². The van der Waals surface area contributed by atoms with Crippen molar-refractivity contribution in [2.75, 3.05) is 0 Å². The minimum absolute atomic E-state index is 0.508. The number of carbonyl (C=O) groups is 1. The van der Waals surface area contributed by atoms with Gasteiger partial charge in [0.05, 0.1) is 5.92 Å². The first-order chi connectivity index (χ1) is 7.16. The first kappa shape index (κ1) is 11.8. The summed E-state index contributed by atoms with van der Waals surface area (Å²) in [5.74, 6) is -1.39. The predicted octanol–water partition coefficient (Wildman–Crippen LogP) is 3.47. The van der Waals surface area contributed by atoms with E-state index < -0.39 is 11.9 Å². The fourth-order valence-corrected chi connectivity index (χ4v) is 1.72. The molecule has 3 heteroatoms. The van der Waals surface area contributed by atoms with Gasteiger partial charge in [-0.25, -0.2) is 0 Å². The Morgan fingerprint density at radius 1 is 1.53 bits per heavy atom. The summed E-state index contributed by atoms with van der Waals surface area (Å²) in [7, 11) is 0. The molecule has 0 radical (unpaired) electrons. The van der Waals surface area contributed by atoms with Crippen LogP contribution < -0.4 is 0 Å². The van der Waals surface area contributed by atoms with Gasteiger partial charge in [-0.3, -0.25) is 4.79 Å². The number of carboxylic acid groups (broad SMARTS) is 1. The molecular weight excluding hydrogens is 212 g/mol. The lowest BCUT2D eigenvalue weighted by Crippen LogP contribution is -2.11. The van der Waals surface area contributed by atoms with Gasteiger partial charge in [0, 0.05) is 5.02 Å². The van der Waals surface area contributed by atoms with Gasteiger partial charge in [-0.05, 0) is 24.5 Å². The SMILES string of the molecule is C=CCCC(C(=O)O)c1ccccc1Cl. The smallest absolute Gasteiger partial charge is 0.311 e. The molecule has 80 valence electrons. The highest BCUT2D eigenvalue weighted by Gasteiger charge is 2.20. The maximum Gasteiger partial charge on any atom is 0.311 e. The van der Waals surface area contributed by atoms with Gasteiger partial charge in [-0.1, -0.05) is 35.9 Å². The molecule has 0 aliphatic carbocycles. The molecule has 0 amide bonds. The standard InChI is InChI=1S/C12H13ClO2/c1-2-3-6-10(12(14)15)9-7-4-5-8-11(9)13/h2,4-5,7-8,10H,1,3,6H2,(H,14,15). The van der Waals surface area contributed by atoms with Gasteiger partial charge < -0.3 is 5.11 Å². The summed E-state index contributed by atoms with van der Waals surface area (Å²) in [6.45, 7) is 3.58. The normalized spacial score (nSPS) is 12.1. The van der Waals surface area contributed by atoms with Crippen molar-refractivity contribution in [3.8, 4) is 0 Å². The second kappa shape index (κ2) is 5.56. The molecule has 0 aromatic heterocycles. The minimum Gasteiger partial charge on any atom is -0.481 e. The number of carboxylic acids is 1. The van der Waals surface area contributed by atoms with Crippen LogP contribution in [-0.2, 0) is 4.79 Å². The summed E-state index contributed by atoms with van der Waals surface area (Å²) in [5.41, 5.74) is 0.675. The Labute approximate surface area is 94.2 Å². The molecule has 1 aromatic carbocycles. The van der Waals surface area contributed by atoms with Crippen LogP contribution in [0, 0.1) is 0 Å². The molecule has 15 heavy (non-hydrogen) atoms. The molecule has 0 spiro atoms. The Morgan fingerprint density at radius 3 is 2.73 bits per heavy atom. The van der Waals surface area contributed by atoms with Crippen molar-refractivity contribution in [2.45, 2.75) is 18.8 Å². The Bertz CT molecular complexity index is 360. The number of halogens is 1. The average Bonchev–Trinajstić information content (AvgIpc) is 2.20. The first-order valence-electron chi connectivity index (χ1n) is 4.75. The second-order valence-corrected chi connectivity index (χ2v) is 3.69. The third kappa shape index (κ3) is 3.10. The molecule has 0 fully saturated rings. The zero-order chi connectivity index (χ0) is 11.3. The van der Waals surface area contributed by atoms with Crippen LogP contribution >= 0.6 is 11.6 Å². The van der Waals surface area contributed by atoms with Crippen LogP contribution in [0.3, 0.4) is 0 Å². The van der Waals surface area contributed by atoms with Gasteiger partial charge in [0.1, 0.15) is 0 Å². The van der Waals surface area contributed by atoms with E-state index in [2.05, 4.69) is 6.58 Å². The van der Waals surface area contributed by atoms with E-state index >= 15 is 0 Å². The van der Waals surface area contributed by atoms with Gasteiger partial charge in [0.15, 0.2) is 0 Å². The lowest BCUT2D eigenvalue weighted by molar-refractivity contribution is -0.138. The highest BCUT2D eigenvalue weighted by atomic mass is 35.5. The third-order valence-electron chi connectivity index (χ3n) is 2.24. The second-order valence-electron chi connectivity index (χ2n) is 3.28. The van der Waals surface area contributed by atoms with Gasteiger partial charge in [-0.15, -0.1) is 6.58 Å². The fraction of sp³-hybridized carbons (Fsp3) is 0.250. The minimum atomic E-state index is -0.843. The lowest BCUT2D eigenvalue weighted by atomic mass is 9.94. The highest BCUT2D eigenvalue weighted by molar-refractivity contribution is 6.31. The Morgan fingerprint density at radius 2 is 2.20 bits per heavy atom. The predicted molar refractivity (Wildman–Crippen MR) is 61.3 cm³/mol. The van der Waals surface area contributed by atoms with E-state index in [4.69, 9.17) is 16.7 Å². The van der Waals surface area contributed by atoms with E-state index in [-0.39, 0.29) is 0 Å². The summed E-state index contributed by atoms with van der Waals surface area (Å²) in [5, 5.41) is 9.59. The highest BCUT2D eigenvalue weighted by Crippen LogP contribution is 2.28. The van der Waals surface area contributed by atoms with Crippen molar-refractivity contribution < 1.29 is 9.90 Å². The van der Waals surface area contributed by atoms with E-state index in [1.165, 1.54) is 0 Å². The van der Waals surface area contributed by atoms with Crippen LogP contribution in [0.15, 0.2) is 36.9 Å². The molecule has 0 saturated heterocycles. The molecule has 1 N–H and O–H groups in total. The topological polar surface area (TPSA) is 37.3 Å². The van der Waals surface area contributed by atoms with Crippen LogP contribution in [0.2, 0.25) is 5.02 Å². The number of rotatable bonds is 5. The van der Waals surface area contributed by atoms with Gasteiger partial charge >= 0.3 is 5.97 Å². The quantitative estimate of drug-likeness (QED) is 0.778. The summed E-state index contributed by atoms with van der Waals surface area (Å²) in [6.07, 6.45) is 2.91. The molecule has 0 bridgehead atoms. The van der Waals surface area contributed by atoms with E-state index in [0.717, 1.165) is 0 Å². The molecule has 0 saturated carbocycles. The molecular formula is C12H13ClO2. The monoisotopic (exact) mass is 224 g/mol. The summed E-state index contributed by atoms with van der Waals surface area (Å²) in [4.78, 5) is 11.1. The summed E-state index contributed by atoms with van der Waals surface area (Å²) >= 11 is 5.95. The number of hydrogen-bond donors (Lipinski definition) is 1. The number of aliphatic carboxylic acids is 1. The molecule has 2 nitrogen and oxygen atoms in total. The summed E-state index contributed by atoms with van der Waals surface area (Å²) in [6, 6.07) is 7.05. The number of allylic oxidation sites excluding steroid dienone is 1. The fourth-order valence-electron chi connectivity index (χ4n) is 1.45. The molecule has 0 aliphatic heterocycles. The molecule has 1 unspecified atom stereocenters. The van der Waals surface area contributed by atoms with Crippen LogP contribution in [0.4, 0.5) is 0 Å². The van der Waals surface area contributed by atoms with E-state index in [1.54, 1.807) is 30.3 Å². The largest absolute Gasteiger partial charge is 0.481 e. The first-order valence-corrected chi connectivity index (χ1v) is 5.12. The van der Waals surface area contributed by atoms with Crippen LogP contribution in [0.25, 0.3) is 0 Å². The van der Waals surface area contributed by atoms with E-state index in [1.807, 2.05) is 0 Å². The summed E-state index contributed by atoms with van der Waals surface area (Å²) < 4.78 is 0. The Hall–Kier alpha value is -1.28. The van der Waals surface area contributed by atoms with Crippen molar-refractivity contribution in [2.24, 2.45) is 0 Å². The number of benzene rings is 1. The zero-order valence-electron chi connectivity index (χ0n) is 8.32. The van der Waals surface area contributed by atoms with Crippen molar-refractivity contribution in [3.63, 3.8) is 0 Å². The molecule has 0 heterocycles. The van der Waals surface area contributed by atoms with Crippen molar-refractivity contribution >= 4 is 17.6 Å². The van der Waals surface area contributed by atoms with Crippen LogP contribution in [0.5, 0.6) is 0 Å². The Kier molecular flexibility index (Phi) is 4.37. The van der Waals surface area contributed by atoms with Crippen molar-refractivity contribution in [3.05, 3.63) is 47.5 Å². The van der Waals surface area contributed by atoms with E-state index in [9.17, 15) is 4.79 Å². The third-order valence-corrected chi connectivity index (χ3v) is 2.58. The molecule has 0 aliphatic rings. The molecule has 1 atom stereocenters. The van der Waals surface area contributed by atoms with Crippen molar-refractivity contribution in [1.82, 2.24) is 0 Å². The van der Waals surface area contributed by atoms with Crippen LogP contribution in [-0.4, -0.2) is 11.1 Å². The van der Waals surface area contributed by atoms with Crippen molar-refractivity contribution in [1.29, 1.82) is 0 Å². The zero-order valence-corrected chi connectivity index (χ0v) is 9.07. The lowest BCUT2D eigenvalue weighted by Gasteiger charge is -2.12. The van der Waals surface area contributed by atoms with Gasteiger partial charge in [0.2, 0.25) is 0 Å². The van der Waals surface area contributed by atoms with Gasteiger partial charge in [-0.2, -0.15) is 0 Å². The molecule has 1 aromatic rings. The van der Waals surface area contributed by atoms with E-state index in [0.29, 0.717) is 23.4 Å². The average molecular weight is 225 g/mol. The Balaban J connectivity index is 2.93. The maximum absolute atomic E-state index is 11.1. The maximum atomic E-state index is 11.1. The number of hydrogen-bond acceptors (Lipinski definition) is 1. The van der Waals surface area contributed by atoms with Crippen LogP contribution in [0.1, 0.15) is 24.3 Å². The molecule has 1 rings (SSSR count).